The highest BCUT2D eigenvalue weighted by Gasteiger charge is 2.32. The summed E-state index contributed by atoms with van der Waals surface area (Å²) in [7, 11) is 0. The monoisotopic (exact) mass is 241 g/mol. The molecule has 1 unspecified atom stereocenters. The number of rotatable bonds is 4. The van der Waals surface area contributed by atoms with Crippen molar-refractivity contribution in [2.45, 2.75) is 37.8 Å². The molecule has 1 aliphatic rings. The first-order valence-corrected chi connectivity index (χ1v) is 6.10. The van der Waals surface area contributed by atoms with E-state index in [1.54, 1.807) is 5.38 Å². The van der Waals surface area contributed by atoms with Crippen LogP contribution in [0.25, 0.3) is 0 Å². The molecule has 1 saturated carbocycles. The molecule has 2 rings (SSSR count). The Labute approximate surface area is 97.7 Å². The van der Waals surface area contributed by atoms with Gasteiger partial charge in [0, 0.05) is 10.9 Å². The van der Waals surface area contributed by atoms with Crippen LogP contribution in [0, 0.1) is 0 Å². The normalized spacial score (nSPS) is 19.9. The topological polar surface area (TPSA) is 88.2 Å². The van der Waals surface area contributed by atoms with Crippen LogP contribution in [0.5, 0.6) is 0 Å². The second kappa shape index (κ2) is 4.03. The lowest BCUT2D eigenvalue weighted by molar-refractivity contribution is -0.138. The number of anilines is 1. The quantitative estimate of drug-likeness (QED) is 0.745. The molecule has 1 heterocycles. The lowest BCUT2D eigenvalue weighted by Gasteiger charge is -2.39. The molecule has 1 atom stereocenters. The van der Waals surface area contributed by atoms with E-state index in [0.717, 1.165) is 18.0 Å². The highest BCUT2D eigenvalue weighted by Crippen LogP contribution is 2.35. The summed E-state index contributed by atoms with van der Waals surface area (Å²) in [4.78, 5) is 14.9. The van der Waals surface area contributed by atoms with Gasteiger partial charge in [-0.2, -0.15) is 0 Å². The van der Waals surface area contributed by atoms with Crippen molar-refractivity contribution in [3.8, 4) is 0 Å². The summed E-state index contributed by atoms with van der Waals surface area (Å²) in [5, 5.41) is 14.5. The molecule has 4 N–H and O–H groups in total. The van der Waals surface area contributed by atoms with E-state index in [9.17, 15) is 4.79 Å². The number of hydrogen-bond donors (Lipinski definition) is 3. The molecule has 5 nitrogen and oxygen atoms in total. The van der Waals surface area contributed by atoms with Crippen LogP contribution in [-0.4, -0.2) is 21.6 Å². The molecule has 0 spiro atoms. The van der Waals surface area contributed by atoms with Gasteiger partial charge >= 0.3 is 5.97 Å². The van der Waals surface area contributed by atoms with Gasteiger partial charge in [-0.25, -0.2) is 4.98 Å². The van der Waals surface area contributed by atoms with E-state index in [1.165, 1.54) is 17.8 Å². The van der Waals surface area contributed by atoms with Crippen LogP contribution in [-0.2, 0) is 4.79 Å². The minimum absolute atomic E-state index is 0.127. The summed E-state index contributed by atoms with van der Waals surface area (Å²) in [6, 6.07) is -1.03. The van der Waals surface area contributed by atoms with E-state index < -0.39 is 12.0 Å². The van der Waals surface area contributed by atoms with Crippen LogP contribution in [0.15, 0.2) is 5.38 Å². The third-order valence-electron chi connectivity index (χ3n) is 2.97. The first-order valence-electron chi connectivity index (χ1n) is 5.22. The number of aliphatic carboxylic acids is 1. The van der Waals surface area contributed by atoms with Crippen molar-refractivity contribution in [1.82, 2.24) is 4.98 Å². The van der Waals surface area contributed by atoms with Gasteiger partial charge in [-0.3, -0.25) is 4.79 Å². The number of aromatic nitrogens is 1. The number of nitrogens with zero attached hydrogens (tertiary/aromatic N) is 1. The Bertz CT molecular complexity index is 401. The maximum Gasteiger partial charge on any atom is 0.326 e. The predicted molar refractivity (Wildman–Crippen MR) is 62.6 cm³/mol. The van der Waals surface area contributed by atoms with Crippen LogP contribution in [0.1, 0.15) is 37.9 Å². The smallest absolute Gasteiger partial charge is 0.326 e. The van der Waals surface area contributed by atoms with Crippen LogP contribution >= 0.6 is 11.3 Å². The first kappa shape index (κ1) is 11.3. The van der Waals surface area contributed by atoms with E-state index in [-0.39, 0.29) is 5.54 Å². The maximum atomic E-state index is 10.7. The summed E-state index contributed by atoms with van der Waals surface area (Å²) in [5.74, 6) is -1.05. The maximum absolute atomic E-state index is 10.7. The van der Waals surface area contributed by atoms with Crippen LogP contribution in [0.3, 0.4) is 0 Å². The number of hydrogen-bond acceptors (Lipinski definition) is 5. The molecule has 16 heavy (non-hydrogen) atoms. The predicted octanol–water partition coefficient (Wildman–Crippen LogP) is 1.58. The Morgan fingerprint density at radius 1 is 1.75 bits per heavy atom. The van der Waals surface area contributed by atoms with Gasteiger partial charge in [0.15, 0.2) is 5.13 Å². The van der Waals surface area contributed by atoms with E-state index >= 15 is 0 Å². The highest BCUT2D eigenvalue weighted by molar-refractivity contribution is 7.13. The van der Waals surface area contributed by atoms with Gasteiger partial charge in [0.2, 0.25) is 0 Å². The van der Waals surface area contributed by atoms with Crippen molar-refractivity contribution in [3.63, 3.8) is 0 Å². The second-order valence-electron chi connectivity index (χ2n) is 4.43. The van der Waals surface area contributed by atoms with Gasteiger partial charge in [0.25, 0.3) is 0 Å². The average Bonchev–Trinajstić information content (AvgIpc) is 2.62. The number of carboxylic acid groups (broad SMARTS) is 1. The molecule has 6 heteroatoms. The molecule has 1 aliphatic carbocycles. The van der Waals surface area contributed by atoms with Crippen LogP contribution in [0.2, 0.25) is 0 Å². The summed E-state index contributed by atoms with van der Waals surface area (Å²) in [5.41, 5.74) is 6.03. The van der Waals surface area contributed by atoms with E-state index in [4.69, 9.17) is 10.8 Å². The molecule has 88 valence electrons. The van der Waals surface area contributed by atoms with Gasteiger partial charge in [-0.05, 0) is 26.2 Å². The highest BCUT2D eigenvalue weighted by atomic mass is 32.1. The summed E-state index contributed by atoms with van der Waals surface area (Å²) in [6.45, 7) is 2.15. The fraction of sp³-hybridized carbons (Fsp3) is 0.600. The number of thiazole rings is 1. The fourth-order valence-corrected chi connectivity index (χ4v) is 2.60. The van der Waals surface area contributed by atoms with Crippen LogP contribution < -0.4 is 11.1 Å². The van der Waals surface area contributed by atoms with Crippen molar-refractivity contribution in [2.24, 2.45) is 5.73 Å². The standard InChI is InChI=1S/C10H15N3O2S/c1-10(3-2-4-10)13-9-12-6(5-16-9)7(11)8(14)15/h5,7H,2-4,11H2,1H3,(H,12,13)(H,14,15). The molecular formula is C10H15N3O2S. The Balaban J connectivity index is 2.04. The lowest BCUT2D eigenvalue weighted by atomic mass is 9.79. The average molecular weight is 241 g/mol. The largest absolute Gasteiger partial charge is 0.480 e. The van der Waals surface area contributed by atoms with Crippen molar-refractivity contribution >= 4 is 22.4 Å². The van der Waals surface area contributed by atoms with Crippen molar-refractivity contribution in [3.05, 3.63) is 11.1 Å². The summed E-state index contributed by atoms with van der Waals surface area (Å²) >= 11 is 1.41. The minimum Gasteiger partial charge on any atom is -0.480 e. The zero-order valence-corrected chi connectivity index (χ0v) is 9.88. The van der Waals surface area contributed by atoms with Gasteiger partial charge in [0.1, 0.15) is 6.04 Å². The Hall–Kier alpha value is -1.14. The molecule has 0 aromatic carbocycles. The van der Waals surface area contributed by atoms with E-state index in [1.807, 2.05) is 0 Å². The van der Waals surface area contributed by atoms with Gasteiger partial charge in [0.05, 0.1) is 5.69 Å². The SMILES string of the molecule is CC1(Nc2nc(C(N)C(=O)O)cs2)CCC1. The molecule has 1 fully saturated rings. The molecule has 0 amide bonds. The van der Waals surface area contributed by atoms with Gasteiger partial charge in [-0.15, -0.1) is 11.3 Å². The molecule has 0 aliphatic heterocycles. The van der Waals surface area contributed by atoms with Crippen molar-refractivity contribution in [1.29, 1.82) is 0 Å². The molecule has 1 aromatic rings. The van der Waals surface area contributed by atoms with Crippen LogP contribution in [0.4, 0.5) is 5.13 Å². The zero-order chi connectivity index (χ0) is 11.8. The molecular weight excluding hydrogens is 226 g/mol. The van der Waals surface area contributed by atoms with Crippen molar-refractivity contribution in [2.75, 3.05) is 5.32 Å². The summed E-state index contributed by atoms with van der Waals surface area (Å²) < 4.78 is 0. The third-order valence-corrected chi connectivity index (χ3v) is 3.75. The minimum atomic E-state index is -1.05. The number of carbonyl (C=O) groups is 1. The number of nitrogens with two attached hydrogens (primary N) is 1. The molecule has 1 aromatic heterocycles. The first-order chi connectivity index (χ1) is 7.50. The summed E-state index contributed by atoms with van der Waals surface area (Å²) in [6.07, 6.45) is 3.50. The molecule has 0 radical (unpaired) electrons. The Kier molecular flexibility index (Phi) is 2.86. The lowest BCUT2D eigenvalue weighted by Crippen LogP contribution is -2.41. The van der Waals surface area contributed by atoms with Crippen molar-refractivity contribution < 1.29 is 9.90 Å². The van der Waals surface area contributed by atoms with Gasteiger partial charge in [-0.1, -0.05) is 0 Å². The third kappa shape index (κ3) is 2.17. The van der Waals surface area contributed by atoms with Gasteiger partial charge < -0.3 is 16.2 Å². The number of nitrogens with one attached hydrogen (secondary N) is 1. The fourth-order valence-electron chi connectivity index (χ4n) is 1.70. The second-order valence-corrected chi connectivity index (χ2v) is 5.29. The van der Waals surface area contributed by atoms with E-state index in [2.05, 4.69) is 17.2 Å². The molecule has 0 saturated heterocycles. The number of carboxylic acids is 1. The Morgan fingerprint density at radius 2 is 2.44 bits per heavy atom. The van der Waals surface area contributed by atoms with E-state index in [0.29, 0.717) is 5.69 Å². The Morgan fingerprint density at radius 3 is 2.94 bits per heavy atom. The molecule has 0 bridgehead atoms. The zero-order valence-electron chi connectivity index (χ0n) is 9.06.